The van der Waals surface area contributed by atoms with Gasteiger partial charge in [0.2, 0.25) is 0 Å². The fraction of sp³-hybridized carbons (Fsp3) is 0.200. The van der Waals surface area contributed by atoms with E-state index < -0.39 is 30.0 Å². The van der Waals surface area contributed by atoms with E-state index in [2.05, 4.69) is 5.32 Å². The van der Waals surface area contributed by atoms with Crippen molar-refractivity contribution >= 4 is 35.6 Å². The van der Waals surface area contributed by atoms with E-state index in [9.17, 15) is 24.3 Å². The lowest BCUT2D eigenvalue weighted by Crippen LogP contribution is -2.34. The van der Waals surface area contributed by atoms with Crippen molar-refractivity contribution in [1.82, 2.24) is 5.32 Å². The minimum absolute atomic E-state index is 0.0726. The van der Waals surface area contributed by atoms with Gasteiger partial charge in [-0.1, -0.05) is 41.9 Å². The number of nitrogens with one attached hydrogen (secondary N) is 1. The molecule has 0 spiro atoms. The van der Waals surface area contributed by atoms with E-state index in [1.807, 2.05) is 0 Å². The van der Waals surface area contributed by atoms with Crippen LogP contribution in [0, 0.1) is 0 Å². The molecular weight excluding hydrogens is 418 g/mol. The highest BCUT2D eigenvalue weighted by atomic mass is 35.5. The van der Waals surface area contributed by atoms with E-state index in [-0.39, 0.29) is 28.7 Å². The quantitative estimate of drug-likeness (QED) is 0.501. The SMILES string of the molecule is CC(=O)Oc1cc(Cl)c(C(NC(=O)OCc2ccccc2)C(=O)O)cc1OC(C)=O. The molecule has 0 radical (unpaired) electrons. The van der Waals surface area contributed by atoms with Crippen LogP contribution >= 0.6 is 11.6 Å². The van der Waals surface area contributed by atoms with Gasteiger partial charge in [-0.15, -0.1) is 0 Å². The predicted molar refractivity (Wildman–Crippen MR) is 104 cm³/mol. The average Bonchev–Trinajstić information content (AvgIpc) is 2.66. The third-order valence-electron chi connectivity index (χ3n) is 3.60. The van der Waals surface area contributed by atoms with Crippen LogP contribution in [0.25, 0.3) is 0 Å². The Morgan fingerprint density at radius 2 is 1.57 bits per heavy atom. The summed E-state index contributed by atoms with van der Waals surface area (Å²) >= 11 is 6.13. The molecule has 1 atom stereocenters. The van der Waals surface area contributed by atoms with E-state index in [0.717, 1.165) is 26.0 Å². The number of benzene rings is 2. The number of hydrogen-bond acceptors (Lipinski definition) is 7. The Morgan fingerprint density at radius 1 is 1.00 bits per heavy atom. The van der Waals surface area contributed by atoms with Crippen molar-refractivity contribution in [3.05, 3.63) is 58.6 Å². The summed E-state index contributed by atoms with van der Waals surface area (Å²) in [4.78, 5) is 46.4. The number of carboxylic acids is 1. The maximum absolute atomic E-state index is 12.1. The molecule has 9 nitrogen and oxygen atoms in total. The molecule has 0 aliphatic heterocycles. The van der Waals surface area contributed by atoms with E-state index in [1.54, 1.807) is 30.3 Å². The highest BCUT2D eigenvalue weighted by molar-refractivity contribution is 6.32. The van der Waals surface area contributed by atoms with E-state index in [1.165, 1.54) is 0 Å². The van der Waals surface area contributed by atoms with E-state index >= 15 is 0 Å². The molecule has 0 saturated heterocycles. The van der Waals surface area contributed by atoms with Crippen LogP contribution in [0.4, 0.5) is 4.79 Å². The number of hydrogen-bond donors (Lipinski definition) is 2. The molecule has 10 heteroatoms. The molecule has 1 amide bonds. The molecular formula is C20H18ClNO8. The van der Waals surface area contributed by atoms with Crippen LogP contribution in [0.1, 0.15) is 31.0 Å². The molecule has 0 aromatic heterocycles. The van der Waals surface area contributed by atoms with Crippen LogP contribution in [-0.4, -0.2) is 29.1 Å². The fourth-order valence-electron chi connectivity index (χ4n) is 2.40. The second kappa shape index (κ2) is 10.3. The Kier molecular flexibility index (Phi) is 7.76. The maximum atomic E-state index is 12.1. The van der Waals surface area contributed by atoms with Gasteiger partial charge in [0.15, 0.2) is 17.5 Å². The predicted octanol–water partition coefficient (Wildman–Crippen LogP) is 3.24. The van der Waals surface area contributed by atoms with Crippen molar-refractivity contribution in [2.24, 2.45) is 0 Å². The van der Waals surface area contributed by atoms with Crippen molar-refractivity contribution in [3.8, 4) is 11.5 Å². The first-order chi connectivity index (χ1) is 14.2. The van der Waals surface area contributed by atoms with Crippen LogP contribution in [0.3, 0.4) is 0 Å². The number of carbonyl (C=O) groups is 4. The van der Waals surface area contributed by atoms with Crippen LogP contribution in [-0.2, 0) is 25.7 Å². The highest BCUT2D eigenvalue weighted by Gasteiger charge is 2.28. The Labute approximate surface area is 176 Å². The van der Waals surface area contributed by atoms with Gasteiger partial charge in [-0.25, -0.2) is 9.59 Å². The molecule has 0 saturated carbocycles. The number of rotatable bonds is 7. The van der Waals surface area contributed by atoms with Crippen molar-refractivity contribution < 1.29 is 38.5 Å². The van der Waals surface area contributed by atoms with Gasteiger partial charge in [0.25, 0.3) is 0 Å². The van der Waals surface area contributed by atoms with E-state index in [0.29, 0.717) is 5.56 Å². The summed E-state index contributed by atoms with van der Waals surface area (Å²) < 4.78 is 14.9. The van der Waals surface area contributed by atoms with Gasteiger partial charge in [-0.3, -0.25) is 9.59 Å². The van der Waals surface area contributed by atoms with Gasteiger partial charge >= 0.3 is 24.0 Å². The van der Waals surface area contributed by atoms with Crippen molar-refractivity contribution in [3.63, 3.8) is 0 Å². The summed E-state index contributed by atoms with van der Waals surface area (Å²) in [7, 11) is 0. The molecule has 30 heavy (non-hydrogen) atoms. The third kappa shape index (κ3) is 6.49. The minimum Gasteiger partial charge on any atom is -0.479 e. The lowest BCUT2D eigenvalue weighted by molar-refractivity contribution is -0.139. The zero-order valence-electron chi connectivity index (χ0n) is 16.0. The molecule has 0 aliphatic rings. The lowest BCUT2D eigenvalue weighted by Gasteiger charge is -2.18. The monoisotopic (exact) mass is 435 g/mol. The Bertz CT molecular complexity index is 961. The fourth-order valence-corrected chi connectivity index (χ4v) is 2.66. The number of carbonyl (C=O) groups excluding carboxylic acids is 3. The van der Waals surface area contributed by atoms with Gasteiger partial charge in [-0.05, 0) is 11.6 Å². The average molecular weight is 436 g/mol. The molecule has 0 heterocycles. The number of ether oxygens (including phenoxy) is 3. The number of alkyl carbamates (subject to hydrolysis) is 1. The van der Waals surface area contributed by atoms with Crippen LogP contribution < -0.4 is 14.8 Å². The van der Waals surface area contributed by atoms with Crippen LogP contribution in [0.2, 0.25) is 5.02 Å². The summed E-state index contributed by atoms with van der Waals surface area (Å²) in [5, 5.41) is 11.6. The number of aliphatic carboxylic acids is 1. The molecule has 0 fully saturated rings. The first kappa shape index (κ1) is 22.7. The molecule has 2 rings (SSSR count). The zero-order valence-corrected chi connectivity index (χ0v) is 16.8. The summed E-state index contributed by atoms with van der Waals surface area (Å²) in [6.45, 7) is 2.17. The van der Waals surface area contributed by atoms with E-state index in [4.69, 9.17) is 25.8 Å². The molecule has 0 bridgehead atoms. The van der Waals surface area contributed by atoms with Crippen molar-refractivity contribution in [2.45, 2.75) is 26.5 Å². The van der Waals surface area contributed by atoms with Crippen LogP contribution in [0.5, 0.6) is 11.5 Å². The Hall–Kier alpha value is -3.59. The summed E-state index contributed by atoms with van der Waals surface area (Å²) in [6.07, 6.45) is -1.000. The molecule has 2 N–H and O–H groups in total. The number of halogens is 1. The lowest BCUT2D eigenvalue weighted by atomic mass is 10.1. The first-order valence-electron chi connectivity index (χ1n) is 8.57. The largest absolute Gasteiger partial charge is 0.479 e. The van der Waals surface area contributed by atoms with Crippen molar-refractivity contribution in [1.29, 1.82) is 0 Å². The molecule has 158 valence electrons. The molecule has 2 aromatic rings. The van der Waals surface area contributed by atoms with Gasteiger partial charge in [0, 0.05) is 25.5 Å². The smallest absolute Gasteiger partial charge is 0.408 e. The summed E-state index contributed by atoms with van der Waals surface area (Å²) in [5.74, 6) is -3.30. The van der Waals surface area contributed by atoms with Gasteiger partial charge in [0.1, 0.15) is 6.61 Å². The highest BCUT2D eigenvalue weighted by Crippen LogP contribution is 2.36. The summed E-state index contributed by atoms with van der Waals surface area (Å²) in [5.41, 5.74) is 0.605. The second-order valence-corrected chi connectivity index (χ2v) is 6.39. The Morgan fingerprint density at radius 3 is 2.10 bits per heavy atom. The zero-order chi connectivity index (χ0) is 22.3. The molecule has 0 aliphatic carbocycles. The minimum atomic E-state index is -1.62. The second-order valence-electron chi connectivity index (χ2n) is 5.99. The van der Waals surface area contributed by atoms with Crippen LogP contribution in [0.15, 0.2) is 42.5 Å². The standard InChI is InChI=1S/C20H18ClNO8/c1-11(23)29-16-8-14(15(21)9-17(16)30-12(2)24)18(19(25)26)22-20(27)28-10-13-6-4-3-5-7-13/h3-9,18H,10H2,1-2H3,(H,22,27)(H,25,26). The van der Waals surface area contributed by atoms with Gasteiger partial charge in [0.05, 0.1) is 5.02 Å². The van der Waals surface area contributed by atoms with Gasteiger partial charge < -0.3 is 24.6 Å². The maximum Gasteiger partial charge on any atom is 0.408 e. The van der Waals surface area contributed by atoms with Crippen molar-refractivity contribution in [2.75, 3.05) is 0 Å². The summed E-state index contributed by atoms with van der Waals surface area (Å²) in [6, 6.07) is 9.38. The number of amides is 1. The topological polar surface area (TPSA) is 128 Å². The molecule has 1 unspecified atom stereocenters. The molecule has 2 aromatic carbocycles. The Balaban J connectivity index is 2.26. The third-order valence-corrected chi connectivity index (χ3v) is 3.93. The normalized spacial score (nSPS) is 11.2. The van der Waals surface area contributed by atoms with Gasteiger partial charge in [-0.2, -0.15) is 0 Å². The number of esters is 2. The first-order valence-corrected chi connectivity index (χ1v) is 8.95. The number of carboxylic acid groups (broad SMARTS) is 1.